The van der Waals surface area contributed by atoms with E-state index in [-0.39, 0.29) is 18.4 Å². The number of hydrogen-bond acceptors (Lipinski definition) is 6. The molecule has 160 valence electrons. The van der Waals surface area contributed by atoms with Crippen molar-refractivity contribution in [3.8, 4) is 0 Å². The van der Waals surface area contributed by atoms with Crippen LogP contribution < -0.4 is 10.6 Å². The predicted octanol–water partition coefficient (Wildman–Crippen LogP) is 2.04. The van der Waals surface area contributed by atoms with Crippen LogP contribution in [0.15, 0.2) is 30.3 Å². The highest BCUT2D eigenvalue weighted by atomic mass is 32.1. The number of aryl methyl sites for hydroxylation is 1. The van der Waals surface area contributed by atoms with Crippen LogP contribution in [0.25, 0.3) is 0 Å². The molecule has 0 spiro atoms. The predicted molar refractivity (Wildman–Crippen MR) is 119 cm³/mol. The van der Waals surface area contributed by atoms with Crippen molar-refractivity contribution in [2.75, 3.05) is 56.5 Å². The van der Waals surface area contributed by atoms with E-state index in [0.717, 1.165) is 56.7 Å². The molecule has 4 rings (SSSR count). The second-order valence-corrected chi connectivity index (χ2v) is 8.88. The quantitative estimate of drug-likeness (QED) is 0.629. The SMILES string of the molecule is O=C(CN1CCN(CCO)CC1)Nc1sc2c(c1C(=O)Nc1ccccc1)CCC2. The summed E-state index contributed by atoms with van der Waals surface area (Å²) >= 11 is 1.54. The Hall–Kier alpha value is -2.26. The van der Waals surface area contributed by atoms with Crippen molar-refractivity contribution in [1.29, 1.82) is 0 Å². The van der Waals surface area contributed by atoms with Crippen LogP contribution in [-0.4, -0.2) is 72.6 Å². The maximum atomic E-state index is 13.0. The van der Waals surface area contributed by atoms with Crippen molar-refractivity contribution >= 4 is 33.8 Å². The molecule has 2 amide bonds. The van der Waals surface area contributed by atoms with Gasteiger partial charge < -0.3 is 15.7 Å². The van der Waals surface area contributed by atoms with Crippen LogP contribution in [0.4, 0.5) is 10.7 Å². The Bertz CT molecular complexity index is 891. The zero-order valence-electron chi connectivity index (χ0n) is 17.0. The van der Waals surface area contributed by atoms with Gasteiger partial charge in [-0.2, -0.15) is 0 Å². The molecule has 7 nitrogen and oxygen atoms in total. The number of fused-ring (bicyclic) bond motifs is 1. The average molecular weight is 429 g/mol. The fraction of sp³-hybridized carbons (Fsp3) is 0.455. The summed E-state index contributed by atoms with van der Waals surface area (Å²) in [6.45, 7) is 4.47. The first-order chi connectivity index (χ1) is 14.6. The summed E-state index contributed by atoms with van der Waals surface area (Å²) in [5.74, 6) is -0.243. The molecular formula is C22H28N4O3S. The highest BCUT2D eigenvalue weighted by Gasteiger charge is 2.28. The lowest BCUT2D eigenvalue weighted by Crippen LogP contribution is -2.49. The molecule has 1 fully saturated rings. The van der Waals surface area contributed by atoms with E-state index in [1.165, 1.54) is 16.2 Å². The van der Waals surface area contributed by atoms with Gasteiger partial charge in [0.05, 0.1) is 18.7 Å². The molecule has 2 heterocycles. The van der Waals surface area contributed by atoms with E-state index in [0.29, 0.717) is 23.7 Å². The minimum atomic E-state index is -0.159. The first-order valence-corrected chi connectivity index (χ1v) is 11.3. The van der Waals surface area contributed by atoms with Crippen molar-refractivity contribution < 1.29 is 14.7 Å². The van der Waals surface area contributed by atoms with Crippen LogP contribution in [0.2, 0.25) is 0 Å². The van der Waals surface area contributed by atoms with E-state index in [4.69, 9.17) is 5.11 Å². The van der Waals surface area contributed by atoms with Crippen molar-refractivity contribution in [2.24, 2.45) is 0 Å². The summed E-state index contributed by atoms with van der Waals surface area (Å²) in [6, 6.07) is 9.40. The summed E-state index contributed by atoms with van der Waals surface area (Å²) in [7, 11) is 0. The van der Waals surface area contributed by atoms with Gasteiger partial charge in [0.2, 0.25) is 5.91 Å². The van der Waals surface area contributed by atoms with Gasteiger partial charge >= 0.3 is 0 Å². The van der Waals surface area contributed by atoms with Gasteiger partial charge in [-0.25, -0.2) is 0 Å². The Morgan fingerprint density at radius 1 is 1.00 bits per heavy atom. The van der Waals surface area contributed by atoms with Crippen LogP contribution in [0.1, 0.15) is 27.2 Å². The number of aliphatic hydroxyl groups is 1. The molecule has 0 radical (unpaired) electrons. The van der Waals surface area contributed by atoms with Gasteiger partial charge in [-0.3, -0.25) is 19.4 Å². The van der Waals surface area contributed by atoms with Crippen LogP contribution in [0.5, 0.6) is 0 Å². The zero-order chi connectivity index (χ0) is 20.9. The number of benzene rings is 1. The van der Waals surface area contributed by atoms with Gasteiger partial charge in [0.15, 0.2) is 0 Å². The molecule has 1 aliphatic heterocycles. The van der Waals surface area contributed by atoms with Gasteiger partial charge in [0.25, 0.3) is 5.91 Å². The summed E-state index contributed by atoms with van der Waals surface area (Å²) in [6.07, 6.45) is 2.90. The molecule has 2 aliphatic rings. The molecule has 1 saturated heterocycles. The molecule has 1 aliphatic carbocycles. The second kappa shape index (κ2) is 9.70. The van der Waals surface area contributed by atoms with Gasteiger partial charge in [0.1, 0.15) is 5.00 Å². The lowest BCUT2D eigenvalue weighted by molar-refractivity contribution is -0.117. The Kier molecular flexibility index (Phi) is 6.79. The molecule has 0 bridgehead atoms. The third-order valence-corrected chi connectivity index (χ3v) is 6.89. The van der Waals surface area contributed by atoms with Crippen molar-refractivity contribution in [3.63, 3.8) is 0 Å². The molecule has 2 aromatic rings. The molecule has 0 atom stereocenters. The number of carbonyl (C=O) groups is 2. The van der Waals surface area contributed by atoms with Crippen molar-refractivity contribution in [2.45, 2.75) is 19.3 Å². The third kappa shape index (κ3) is 4.89. The van der Waals surface area contributed by atoms with E-state index in [2.05, 4.69) is 20.4 Å². The molecule has 1 aromatic heterocycles. The van der Waals surface area contributed by atoms with Crippen LogP contribution in [0.3, 0.4) is 0 Å². The fourth-order valence-electron chi connectivity index (χ4n) is 4.13. The lowest BCUT2D eigenvalue weighted by Gasteiger charge is -2.33. The number of nitrogens with one attached hydrogen (secondary N) is 2. The third-order valence-electron chi connectivity index (χ3n) is 5.68. The number of carbonyl (C=O) groups excluding carboxylic acids is 2. The van der Waals surface area contributed by atoms with E-state index in [9.17, 15) is 9.59 Å². The first-order valence-electron chi connectivity index (χ1n) is 10.5. The monoisotopic (exact) mass is 428 g/mol. The Morgan fingerprint density at radius 3 is 2.47 bits per heavy atom. The van der Waals surface area contributed by atoms with Crippen LogP contribution in [-0.2, 0) is 17.6 Å². The van der Waals surface area contributed by atoms with Crippen molar-refractivity contribution in [1.82, 2.24) is 9.80 Å². The van der Waals surface area contributed by atoms with E-state index < -0.39 is 0 Å². The van der Waals surface area contributed by atoms with E-state index >= 15 is 0 Å². The number of amides is 2. The van der Waals surface area contributed by atoms with Gasteiger partial charge in [-0.1, -0.05) is 18.2 Å². The molecule has 8 heteroatoms. The highest BCUT2D eigenvalue weighted by Crippen LogP contribution is 2.39. The summed E-state index contributed by atoms with van der Waals surface area (Å²) in [5, 5.41) is 15.7. The number of anilines is 2. The lowest BCUT2D eigenvalue weighted by atomic mass is 10.1. The summed E-state index contributed by atoms with van der Waals surface area (Å²) in [4.78, 5) is 31.3. The van der Waals surface area contributed by atoms with Crippen molar-refractivity contribution in [3.05, 3.63) is 46.3 Å². The maximum absolute atomic E-state index is 13.0. The summed E-state index contributed by atoms with van der Waals surface area (Å²) < 4.78 is 0. The van der Waals surface area contributed by atoms with Gasteiger partial charge in [-0.05, 0) is 37.0 Å². The second-order valence-electron chi connectivity index (χ2n) is 7.77. The zero-order valence-corrected chi connectivity index (χ0v) is 17.8. The minimum absolute atomic E-state index is 0.0840. The number of para-hydroxylation sites is 1. The Labute approximate surface area is 180 Å². The average Bonchev–Trinajstić information content (AvgIpc) is 3.31. The van der Waals surface area contributed by atoms with Crippen LogP contribution >= 0.6 is 11.3 Å². The number of β-amino-alcohol motifs (C(OH)–C–C–N with tert-alkyl or cyclic N) is 1. The molecular weight excluding hydrogens is 400 g/mol. The Balaban J connectivity index is 1.42. The van der Waals surface area contributed by atoms with Gasteiger partial charge in [-0.15, -0.1) is 11.3 Å². The topological polar surface area (TPSA) is 84.9 Å². The normalized spacial score (nSPS) is 17.0. The maximum Gasteiger partial charge on any atom is 0.258 e. The number of piperazine rings is 1. The largest absolute Gasteiger partial charge is 0.395 e. The fourth-order valence-corrected chi connectivity index (χ4v) is 5.43. The molecule has 0 unspecified atom stereocenters. The van der Waals surface area contributed by atoms with Crippen LogP contribution in [0, 0.1) is 0 Å². The molecule has 0 saturated carbocycles. The smallest absolute Gasteiger partial charge is 0.258 e. The van der Waals surface area contributed by atoms with Gasteiger partial charge in [0, 0.05) is 43.3 Å². The number of thiophene rings is 1. The summed E-state index contributed by atoms with van der Waals surface area (Å²) in [5.41, 5.74) is 2.46. The number of rotatable bonds is 7. The molecule has 1 aromatic carbocycles. The standard InChI is InChI=1S/C22H28N4O3S/c27-14-13-25-9-11-26(12-10-25)15-19(28)24-22-20(17-7-4-8-18(17)30-22)21(29)23-16-5-2-1-3-6-16/h1-3,5-6,27H,4,7-15H2,(H,23,29)(H,24,28). The van der Waals surface area contributed by atoms with E-state index in [1.807, 2.05) is 30.3 Å². The number of hydrogen-bond donors (Lipinski definition) is 3. The minimum Gasteiger partial charge on any atom is -0.395 e. The van der Waals surface area contributed by atoms with E-state index in [1.54, 1.807) is 0 Å². The Morgan fingerprint density at radius 2 is 1.73 bits per heavy atom. The highest BCUT2D eigenvalue weighted by molar-refractivity contribution is 7.17. The molecule has 30 heavy (non-hydrogen) atoms. The number of aliphatic hydroxyl groups excluding tert-OH is 1. The first kappa shape index (κ1) is 21.0. The molecule has 3 N–H and O–H groups in total. The number of nitrogens with zero attached hydrogens (tertiary/aromatic N) is 2.